The topological polar surface area (TPSA) is 37.8 Å². The van der Waals surface area contributed by atoms with Crippen LogP contribution in [0.3, 0.4) is 0 Å². The van der Waals surface area contributed by atoms with Crippen LogP contribution < -0.4 is 5.32 Å². The van der Waals surface area contributed by atoms with Crippen molar-refractivity contribution in [2.75, 3.05) is 12.4 Å². The largest absolute Gasteiger partial charge is 0.373 e. The Balaban J connectivity index is 1.78. The van der Waals surface area contributed by atoms with Gasteiger partial charge in [-0.1, -0.05) is 6.92 Å². The average molecular weight is 285 g/mol. The van der Waals surface area contributed by atoms with Crippen molar-refractivity contribution in [3.63, 3.8) is 0 Å². The lowest BCUT2D eigenvalue weighted by Gasteiger charge is -2.56. The molecule has 0 saturated heterocycles. The normalized spacial score (nSPS) is 37.0. The third kappa shape index (κ3) is 2.00. The van der Waals surface area contributed by atoms with Crippen LogP contribution in [-0.4, -0.2) is 17.0 Å². The van der Waals surface area contributed by atoms with Gasteiger partial charge in [0.2, 0.25) is 0 Å². The maximum absolute atomic E-state index is 4.99. The lowest BCUT2D eigenvalue weighted by Crippen LogP contribution is -2.49. The van der Waals surface area contributed by atoms with Gasteiger partial charge in [0, 0.05) is 23.7 Å². The van der Waals surface area contributed by atoms with Crippen LogP contribution in [-0.2, 0) is 11.8 Å². The van der Waals surface area contributed by atoms with Crippen LogP contribution >= 0.6 is 0 Å². The zero-order valence-corrected chi connectivity index (χ0v) is 13.6. The van der Waals surface area contributed by atoms with Gasteiger partial charge in [0.1, 0.15) is 11.6 Å². The summed E-state index contributed by atoms with van der Waals surface area (Å²) in [4.78, 5) is 9.98. The van der Waals surface area contributed by atoms with Crippen LogP contribution in [0.4, 0.5) is 5.82 Å². The van der Waals surface area contributed by atoms with Crippen molar-refractivity contribution in [3.05, 3.63) is 17.1 Å². The van der Waals surface area contributed by atoms with Gasteiger partial charge in [-0.3, -0.25) is 0 Å². The molecule has 0 spiro atoms. The molecule has 4 aliphatic rings. The molecule has 3 heteroatoms. The first kappa shape index (κ1) is 13.5. The summed E-state index contributed by atoms with van der Waals surface area (Å²) < 4.78 is 0. The molecule has 0 aliphatic heterocycles. The molecule has 1 aromatic rings. The van der Waals surface area contributed by atoms with E-state index in [0.717, 1.165) is 35.8 Å². The summed E-state index contributed by atoms with van der Waals surface area (Å²) in [5.41, 5.74) is 2.77. The third-order valence-electron chi connectivity index (χ3n) is 6.32. The monoisotopic (exact) mass is 285 g/mol. The minimum Gasteiger partial charge on any atom is -0.373 e. The Morgan fingerprint density at radius 3 is 2.10 bits per heavy atom. The number of anilines is 1. The Morgan fingerprint density at radius 2 is 1.62 bits per heavy atom. The van der Waals surface area contributed by atoms with E-state index >= 15 is 0 Å². The lowest BCUT2D eigenvalue weighted by molar-refractivity contribution is -0.00942. The first-order valence-corrected chi connectivity index (χ1v) is 8.69. The van der Waals surface area contributed by atoms with Crippen LogP contribution in [0.25, 0.3) is 0 Å². The van der Waals surface area contributed by atoms with E-state index in [2.05, 4.69) is 19.2 Å². The summed E-state index contributed by atoms with van der Waals surface area (Å²) in [6.45, 7) is 4.35. The standard InChI is InChI=1S/C18H27N3/c1-4-15-11(2)20-17(21-16(15)19-3)18-8-12-5-13(9-18)7-14(6-12)10-18/h12-14H,4-10H2,1-3H3,(H,19,20,21). The minimum atomic E-state index is 0.303. The van der Waals surface area contributed by atoms with E-state index in [1.165, 1.54) is 49.8 Å². The summed E-state index contributed by atoms with van der Waals surface area (Å²) in [5, 5.41) is 3.31. The molecule has 114 valence electrons. The Kier molecular flexibility index (Phi) is 3.02. The summed E-state index contributed by atoms with van der Waals surface area (Å²) in [7, 11) is 1.99. The molecule has 0 amide bonds. The highest BCUT2D eigenvalue weighted by molar-refractivity contribution is 5.46. The number of nitrogens with one attached hydrogen (secondary N) is 1. The number of hydrogen-bond donors (Lipinski definition) is 1. The van der Waals surface area contributed by atoms with Crippen LogP contribution in [0.1, 0.15) is 62.5 Å². The maximum Gasteiger partial charge on any atom is 0.137 e. The number of nitrogens with zero attached hydrogens (tertiary/aromatic N) is 2. The van der Waals surface area contributed by atoms with E-state index in [-0.39, 0.29) is 0 Å². The molecule has 0 radical (unpaired) electrons. The molecule has 1 aromatic heterocycles. The second-order valence-electron chi connectivity index (χ2n) is 7.76. The number of aromatic nitrogens is 2. The molecular formula is C18H27N3. The van der Waals surface area contributed by atoms with Crippen molar-refractivity contribution in [2.45, 2.75) is 64.2 Å². The van der Waals surface area contributed by atoms with E-state index in [0.29, 0.717) is 5.41 Å². The Morgan fingerprint density at radius 1 is 1.05 bits per heavy atom. The Labute approximate surface area is 128 Å². The van der Waals surface area contributed by atoms with E-state index < -0.39 is 0 Å². The van der Waals surface area contributed by atoms with Crippen molar-refractivity contribution in [2.24, 2.45) is 17.8 Å². The van der Waals surface area contributed by atoms with E-state index in [1.54, 1.807) is 0 Å². The third-order valence-corrected chi connectivity index (χ3v) is 6.32. The molecular weight excluding hydrogens is 258 g/mol. The first-order valence-electron chi connectivity index (χ1n) is 8.69. The highest BCUT2D eigenvalue weighted by Gasteiger charge is 2.53. The van der Waals surface area contributed by atoms with Crippen molar-refractivity contribution in [3.8, 4) is 0 Å². The van der Waals surface area contributed by atoms with Gasteiger partial charge in [0.15, 0.2) is 0 Å². The highest BCUT2D eigenvalue weighted by atomic mass is 15.0. The Bertz CT molecular complexity index is 529. The summed E-state index contributed by atoms with van der Waals surface area (Å²) in [6.07, 6.45) is 9.45. The van der Waals surface area contributed by atoms with Crippen LogP contribution in [0.2, 0.25) is 0 Å². The second kappa shape index (κ2) is 4.69. The SMILES string of the molecule is CCc1c(C)nc(C23CC4CC(CC(C4)C2)C3)nc1NC. The van der Waals surface area contributed by atoms with Crippen LogP contribution in [0.15, 0.2) is 0 Å². The number of hydrogen-bond acceptors (Lipinski definition) is 3. The Hall–Kier alpha value is -1.12. The van der Waals surface area contributed by atoms with E-state index in [9.17, 15) is 0 Å². The summed E-state index contributed by atoms with van der Waals surface area (Å²) in [6, 6.07) is 0. The van der Waals surface area contributed by atoms with Crippen molar-refractivity contribution < 1.29 is 0 Å². The molecule has 0 unspecified atom stereocenters. The zero-order chi connectivity index (χ0) is 14.6. The number of rotatable bonds is 3. The maximum atomic E-state index is 4.99. The number of aryl methyl sites for hydroxylation is 1. The molecule has 1 heterocycles. The zero-order valence-electron chi connectivity index (χ0n) is 13.6. The second-order valence-corrected chi connectivity index (χ2v) is 7.76. The molecule has 4 aliphatic carbocycles. The molecule has 4 bridgehead atoms. The van der Waals surface area contributed by atoms with Gasteiger partial charge >= 0.3 is 0 Å². The van der Waals surface area contributed by atoms with Gasteiger partial charge in [0.25, 0.3) is 0 Å². The summed E-state index contributed by atoms with van der Waals surface area (Å²) >= 11 is 0. The molecule has 1 N–H and O–H groups in total. The molecule has 4 fully saturated rings. The fraction of sp³-hybridized carbons (Fsp3) is 0.778. The molecule has 3 nitrogen and oxygen atoms in total. The molecule has 5 rings (SSSR count). The first-order chi connectivity index (χ1) is 10.1. The van der Waals surface area contributed by atoms with E-state index in [4.69, 9.17) is 9.97 Å². The van der Waals surface area contributed by atoms with Crippen LogP contribution in [0, 0.1) is 24.7 Å². The lowest BCUT2D eigenvalue weighted by atomic mass is 9.49. The molecule has 0 atom stereocenters. The van der Waals surface area contributed by atoms with Crippen molar-refractivity contribution in [1.29, 1.82) is 0 Å². The molecule has 21 heavy (non-hydrogen) atoms. The molecule has 4 saturated carbocycles. The van der Waals surface area contributed by atoms with Crippen molar-refractivity contribution in [1.82, 2.24) is 9.97 Å². The van der Waals surface area contributed by atoms with Gasteiger partial charge in [0.05, 0.1) is 0 Å². The van der Waals surface area contributed by atoms with Gasteiger partial charge in [-0.05, 0) is 69.6 Å². The quantitative estimate of drug-likeness (QED) is 0.916. The van der Waals surface area contributed by atoms with Gasteiger partial charge in [-0.15, -0.1) is 0 Å². The van der Waals surface area contributed by atoms with Gasteiger partial charge < -0.3 is 5.32 Å². The fourth-order valence-electron chi connectivity index (χ4n) is 5.85. The smallest absolute Gasteiger partial charge is 0.137 e. The average Bonchev–Trinajstić information content (AvgIpc) is 2.44. The van der Waals surface area contributed by atoms with E-state index in [1.807, 2.05) is 7.05 Å². The van der Waals surface area contributed by atoms with Crippen LogP contribution in [0.5, 0.6) is 0 Å². The predicted molar refractivity (Wildman–Crippen MR) is 85.5 cm³/mol. The van der Waals surface area contributed by atoms with Crippen molar-refractivity contribution >= 4 is 5.82 Å². The minimum absolute atomic E-state index is 0.303. The molecule has 0 aromatic carbocycles. The van der Waals surface area contributed by atoms with Gasteiger partial charge in [-0.25, -0.2) is 9.97 Å². The summed E-state index contributed by atoms with van der Waals surface area (Å²) in [5.74, 6) is 5.06. The fourth-order valence-corrected chi connectivity index (χ4v) is 5.85. The highest BCUT2D eigenvalue weighted by Crippen LogP contribution is 2.60. The van der Waals surface area contributed by atoms with Gasteiger partial charge in [-0.2, -0.15) is 0 Å². The predicted octanol–water partition coefficient (Wildman–Crippen LogP) is 3.86.